The molecule has 9 aromatic carbocycles. The largest absolute Gasteiger partial charge is 0.307 e. The standard InChI is InChI=1S/C70H44N6/c71-45-58-69(75-62-34-30-50(46-19-5-1-6-20-46)41-54(62)55-42-51(31-35-63(55)75)47-21-7-2-8-22-47)67(60-28-14-17-39-73-60)66(59-27-13-16-38-72-59)68(61-29-15-18-40-74-61)70(58)76-64-36-32-52(48-23-9-3-10-24-48)43-56(64)57-44-53(33-37-65(57)76)49-25-11-4-12-26-49/h1-44H. The maximum Gasteiger partial charge on any atom is 0.104 e. The van der Waals surface area contributed by atoms with Gasteiger partial charge in [0.2, 0.25) is 0 Å². The highest BCUT2D eigenvalue weighted by molar-refractivity contribution is 6.16. The van der Waals surface area contributed by atoms with Gasteiger partial charge in [-0.25, -0.2) is 0 Å². The van der Waals surface area contributed by atoms with Gasteiger partial charge in [-0.3, -0.25) is 15.0 Å². The van der Waals surface area contributed by atoms with Gasteiger partial charge < -0.3 is 9.13 Å². The molecular weight excluding hydrogens is 925 g/mol. The number of pyridine rings is 3. The first-order valence-electron chi connectivity index (χ1n) is 25.5. The van der Waals surface area contributed by atoms with Crippen LogP contribution in [0.5, 0.6) is 0 Å². The van der Waals surface area contributed by atoms with E-state index in [9.17, 15) is 5.26 Å². The minimum atomic E-state index is 0.456. The highest BCUT2D eigenvalue weighted by Gasteiger charge is 2.33. The molecule has 6 heteroatoms. The number of hydrogen-bond acceptors (Lipinski definition) is 4. The Bertz CT molecular complexity index is 4070. The summed E-state index contributed by atoms with van der Waals surface area (Å²) in [7, 11) is 0. The lowest BCUT2D eigenvalue weighted by Crippen LogP contribution is -2.12. The number of nitrogens with zero attached hydrogens (tertiary/aromatic N) is 6. The number of nitriles is 1. The molecule has 76 heavy (non-hydrogen) atoms. The molecule has 0 N–H and O–H groups in total. The smallest absolute Gasteiger partial charge is 0.104 e. The van der Waals surface area contributed by atoms with Crippen LogP contribution in [0.4, 0.5) is 0 Å². The maximum absolute atomic E-state index is 12.5. The van der Waals surface area contributed by atoms with Gasteiger partial charge in [0.25, 0.3) is 0 Å². The number of benzene rings is 9. The van der Waals surface area contributed by atoms with E-state index >= 15 is 0 Å². The monoisotopic (exact) mass is 968 g/mol. The molecule has 0 unspecified atom stereocenters. The van der Waals surface area contributed by atoms with E-state index in [1.54, 1.807) is 0 Å². The molecule has 6 nitrogen and oxygen atoms in total. The van der Waals surface area contributed by atoms with Crippen molar-refractivity contribution < 1.29 is 0 Å². The molecule has 0 spiro atoms. The van der Waals surface area contributed by atoms with Crippen molar-refractivity contribution in [3.63, 3.8) is 0 Å². The zero-order chi connectivity index (χ0) is 50.5. The summed E-state index contributed by atoms with van der Waals surface area (Å²) in [4.78, 5) is 15.5. The zero-order valence-corrected chi connectivity index (χ0v) is 41.1. The molecule has 354 valence electrons. The van der Waals surface area contributed by atoms with Gasteiger partial charge in [0, 0.05) is 56.8 Å². The predicted molar refractivity (Wildman–Crippen MR) is 311 cm³/mol. The lowest BCUT2D eigenvalue weighted by molar-refractivity contribution is 1.11. The SMILES string of the molecule is N#Cc1c(-n2c3ccc(-c4ccccc4)cc3c3cc(-c4ccccc4)ccc32)c(-c2ccccn2)c(-c2ccccn2)c(-c2ccccn2)c1-n1c2ccc(-c3ccccc3)cc2c2cc(-c3ccccc3)ccc21. The normalized spacial score (nSPS) is 11.4. The Labute approximate surface area is 439 Å². The van der Waals surface area contributed by atoms with Crippen molar-refractivity contribution in [1.29, 1.82) is 5.26 Å². The quantitative estimate of drug-likeness (QED) is 0.144. The predicted octanol–water partition coefficient (Wildman–Crippen LogP) is 17.6. The molecular formula is C70H44N6. The summed E-state index contributed by atoms with van der Waals surface area (Å²) in [6, 6.07) is 89.9. The molecule has 5 aromatic heterocycles. The first kappa shape index (κ1) is 44.2. The van der Waals surface area contributed by atoms with E-state index < -0.39 is 0 Å². The first-order valence-corrected chi connectivity index (χ1v) is 25.5. The number of fused-ring (bicyclic) bond motifs is 6. The summed E-state index contributed by atoms with van der Waals surface area (Å²) < 4.78 is 4.62. The summed E-state index contributed by atoms with van der Waals surface area (Å²) in [5.74, 6) is 0. The van der Waals surface area contributed by atoms with Crippen molar-refractivity contribution in [2.45, 2.75) is 0 Å². The van der Waals surface area contributed by atoms with E-state index in [2.05, 4.69) is 215 Å². The fourth-order valence-corrected chi connectivity index (χ4v) is 11.3. The Morgan fingerprint density at radius 2 is 0.553 bits per heavy atom. The lowest BCUT2D eigenvalue weighted by atomic mass is 9.86. The van der Waals surface area contributed by atoms with Crippen molar-refractivity contribution >= 4 is 43.6 Å². The maximum atomic E-state index is 12.5. The van der Waals surface area contributed by atoms with Gasteiger partial charge in [-0.1, -0.05) is 164 Å². The summed E-state index contributed by atoms with van der Waals surface area (Å²) in [5.41, 5.74) is 18.9. The molecule has 0 amide bonds. The third kappa shape index (κ3) is 7.37. The molecule has 0 aliphatic rings. The topological polar surface area (TPSA) is 72.3 Å². The molecule has 5 heterocycles. The van der Waals surface area contributed by atoms with E-state index in [0.717, 1.165) is 105 Å². The van der Waals surface area contributed by atoms with Gasteiger partial charge >= 0.3 is 0 Å². The van der Waals surface area contributed by atoms with Crippen LogP contribution >= 0.6 is 0 Å². The Balaban J connectivity index is 1.20. The number of hydrogen-bond donors (Lipinski definition) is 0. The van der Waals surface area contributed by atoms with Crippen LogP contribution in [0.3, 0.4) is 0 Å². The highest BCUT2D eigenvalue weighted by Crippen LogP contribution is 2.52. The van der Waals surface area contributed by atoms with E-state index in [1.165, 1.54) is 0 Å². The van der Waals surface area contributed by atoms with Gasteiger partial charge in [0.05, 0.1) is 50.5 Å². The minimum Gasteiger partial charge on any atom is -0.307 e. The zero-order valence-electron chi connectivity index (χ0n) is 41.1. The third-order valence-electron chi connectivity index (χ3n) is 14.7. The summed E-state index contributed by atoms with van der Waals surface area (Å²) in [6.07, 6.45) is 5.49. The van der Waals surface area contributed by atoms with Gasteiger partial charge in [-0.2, -0.15) is 5.26 Å². The van der Waals surface area contributed by atoms with Crippen LogP contribution in [0.1, 0.15) is 5.56 Å². The Kier molecular flexibility index (Phi) is 10.8. The van der Waals surface area contributed by atoms with Crippen LogP contribution in [0.15, 0.2) is 267 Å². The lowest BCUT2D eigenvalue weighted by Gasteiger charge is -2.26. The minimum absolute atomic E-state index is 0.456. The number of rotatable bonds is 9. The van der Waals surface area contributed by atoms with Crippen LogP contribution in [-0.4, -0.2) is 24.1 Å². The van der Waals surface area contributed by atoms with Crippen LogP contribution < -0.4 is 0 Å². The van der Waals surface area contributed by atoms with Crippen LogP contribution in [0, 0.1) is 11.3 Å². The summed E-state index contributed by atoms with van der Waals surface area (Å²) >= 11 is 0. The second-order valence-corrected chi connectivity index (χ2v) is 19.0. The molecule has 0 atom stereocenters. The van der Waals surface area contributed by atoms with Crippen molar-refractivity contribution in [1.82, 2.24) is 24.1 Å². The van der Waals surface area contributed by atoms with Gasteiger partial charge in [-0.05, 0) is 129 Å². The second kappa shape index (κ2) is 18.5. The molecule has 0 aliphatic heterocycles. The molecule has 0 bridgehead atoms. The summed E-state index contributed by atoms with van der Waals surface area (Å²) in [6.45, 7) is 0. The number of aromatic nitrogens is 5. The molecule has 0 fully saturated rings. The van der Waals surface area contributed by atoms with Crippen molar-refractivity contribution in [2.24, 2.45) is 0 Å². The van der Waals surface area contributed by atoms with E-state index in [-0.39, 0.29) is 0 Å². The third-order valence-corrected chi connectivity index (χ3v) is 14.7. The Morgan fingerprint density at radius 1 is 0.276 bits per heavy atom. The van der Waals surface area contributed by atoms with Crippen molar-refractivity contribution in [3.05, 3.63) is 273 Å². The second-order valence-electron chi connectivity index (χ2n) is 19.0. The molecule has 0 aliphatic carbocycles. The van der Waals surface area contributed by atoms with Gasteiger partial charge in [0.15, 0.2) is 0 Å². The highest BCUT2D eigenvalue weighted by atomic mass is 15.0. The van der Waals surface area contributed by atoms with Crippen molar-refractivity contribution in [2.75, 3.05) is 0 Å². The van der Waals surface area contributed by atoms with E-state index in [0.29, 0.717) is 34.0 Å². The van der Waals surface area contributed by atoms with E-state index in [4.69, 9.17) is 15.0 Å². The van der Waals surface area contributed by atoms with Crippen LogP contribution in [0.2, 0.25) is 0 Å². The fraction of sp³-hybridized carbons (Fsp3) is 0. The molecule has 0 saturated heterocycles. The average Bonchev–Trinajstić information content (AvgIpc) is 4.19. The van der Waals surface area contributed by atoms with E-state index in [1.807, 2.05) is 67.1 Å². The van der Waals surface area contributed by atoms with Gasteiger partial charge in [0.1, 0.15) is 11.6 Å². The first-order chi connectivity index (χ1) is 37.7. The Hall–Kier alpha value is -10.5. The fourth-order valence-electron chi connectivity index (χ4n) is 11.3. The van der Waals surface area contributed by atoms with Gasteiger partial charge in [-0.15, -0.1) is 0 Å². The molecule has 14 rings (SSSR count). The molecule has 14 aromatic rings. The molecule has 0 saturated carbocycles. The van der Waals surface area contributed by atoms with Crippen LogP contribution in [-0.2, 0) is 0 Å². The Morgan fingerprint density at radius 3 is 0.816 bits per heavy atom. The van der Waals surface area contributed by atoms with Crippen LogP contribution in [0.25, 0.3) is 133 Å². The molecule has 0 radical (unpaired) electrons. The average molecular weight is 969 g/mol. The van der Waals surface area contributed by atoms with Crippen molar-refractivity contribution in [3.8, 4) is 95.7 Å². The summed E-state index contributed by atoms with van der Waals surface area (Å²) in [5, 5.41) is 16.7.